The first-order valence-electron chi connectivity index (χ1n) is 9.10. The van der Waals surface area contributed by atoms with E-state index in [9.17, 15) is 18.0 Å². The van der Waals surface area contributed by atoms with Crippen LogP contribution in [-0.2, 0) is 16.4 Å². The molecule has 2 N–H and O–H groups in total. The van der Waals surface area contributed by atoms with Crippen molar-refractivity contribution in [2.75, 3.05) is 19.6 Å². The minimum Gasteiger partial charge on any atom is -0.330 e. The number of aldehydes is 1. The van der Waals surface area contributed by atoms with Crippen LogP contribution in [0.3, 0.4) is 0 Å². The van der Waals surface area contributed by atoms with Crippen LogP contribution in [0.2, 0.25) is 10.0 Å². The number of nitrogens with two attached hydrogens (primary N) is 1. The fourth-order valence-electron chi connectivity index (χ4n) is 3.87. The van der Waals surface area contributed by atoms with E-state index in [0.717, 1.165) is 10.2 Å². The number of likely N-dealkylation sites (tertiary alicyclic amines) is 1. The van der Waals surface area contributed by atoms with Crippen LogP contribution in [-0.4, -0.2) is 40.6 Å². The van der Waals surface area contributed by atoms with Gasteiger partial charge in [-0.2, -0.15) is 18.3 Å². The van der Waals surface area contributed by atoms with Crippen molar-refractivity contribution < 1.29 is 18.0 Å². The highest BCUT2D eigenvalue weighted by Gasteiger charge is 2.41. The third-order valence-corrected chi connectivity index (χ3v) is 6.40. The van der Waals surface area contributed by atoms with Crippen LogP contribution in [0.5, 0.6) is 0 Å². The highest BCUT2D eigenvalue weighted by Crippen LogP contribution is 2.39. The fourth-order valence-corrected chi connectivity index (χ4v) is 4.22. The zero-order chi connectivity index (χ0) is 21.4. The van der Waals surface area contributed by atoms with E-state index in [-0.39, 0.29) is 11.1 Å². The second-order valence-corrected chi connectivity index (χ2v) is 8.08. The van der Waals surface area contributed by atoms with Gasteiger partial charge in [0.25, 0.3) is 0 Å². The Hall–Kier alpha value is -1.61. The summed E-state index contributed by atoms with van der Waals surface area (Å²) in [7, 11) is 0. The third-order valence-electron chi connectivity index (χ3n) is 5.69. The lowest BCUT2D eigenvalue weighted by molar-refractivity contribution is -0.142. The molecule has 0 spiro atoms. The van der Waals surface area contributed by atoms with Crippen molar-refractivity contribution in [1.29, 1.82) is 0 Å². The fraction of sp³-hybridized carbons (Fsp3) is 0.474. The van der Waals surface area contributed by atoms with Crippen molar-refractivity contribution in [2.45, 2.75) is 37.5 Å². The molecule has 5 nitrogen and oxygen atoms in total. The van der Waals surface area contributed by atoms with E-state index in [0.29, 0.717) is 43.8 Å². The predicted octanol–water partition coefficient (Wildman–Crippen LogP) is 4.21. The molecule has 1 saturated heterocycles. The van der Waals surface area contributed by atoms with Crippen molar-refractivity contribution in [3.05, 3.63) is 51.3 Å². The standard InChI is InChI=1S/C19H21Cl2F3N4O/c1-12-16(21)17(19(22,23)24)26-28(12)15(10-29)27-8-6-18(11-25,7-9-27)13-2-4-14(20)5-3-13/h2-5,10,15H,6-9,11,25H2,1H3. The predicted molar refractivity (Wildman–Crippen MR) is 105 cm³/mol. The Bertz CT molecular complexity index is 875. The van der Waals surface area contributed by atoms with Gasteiger partial charge in [0, 0.05) is 30.1 Å². The van der Waals surface area contributed by atoms with Gasteiger partial charge < -0.3 is 5.73 Å². The molecule has 0 radical (unpaired) electrons. The molecule has 1 fully saturated rings. The number of aromatic nitrogens is 2. The van der Waals surface area contributed by atoms with E-state index < -0.39 is 23.1 Å². The summed E-state index contributed by atoms with van der Waals surface area (Å²) in [6.45, 7) is 2.78. The summed E-state index contributed by atoms with van der Waals surface area (Å²) in [5.41, 5.74) is 5.79. The van der Waals surface area contributed by atoms with E-state index in [1.54, 1.807) is 4.90 Å². The van der Waals surface area contributed by atoms with Crippen molar-refractivity contribution in [3.63, 3.8) is 0 Å². The molecule has 1 aromatic heterocycles. The summed E-state index contributed by atoms with van der Waals surface area (Å²) in [4.78, 5) is 13.6. The summed E-state index contributed by atoms with van der Waals surface area (Å²) in [6.07, 6.45) is -3.77. The Morgan fingerprint density at radius 2 is 1.83 bits per heavy atom. The number of hydrogen-bond donors (Lipinski definition) is 1. The Morgan fingerprint density at radius 1 is 1.24 bits per heavy atom. The average molecular weight is 449 g/mol. The first-order chi connectivity index (χ1) is 13.6. The SMILES string of the molecule is Cc1c(Cl)c(C(F)(F)F)nn1C(C=O)N1CCC(CN)(c2ccc(Cl)cc2)CC1. The maximum atomic E-state index is 13.1. The van der Waals surface area contributed by atoms with Gasteiger partial charge in [0.2, 0.25) is 0 Å². The molecule has 3 rings (SSSR count). The minimum absolute atomic E-state index is 0.101. The molecule has 0 aliphatic carbocycles. The molecule has 1 aliphatic rings. The summed E-state index contributed by atoms with van der Waals surface area (Å²) >= 11 is 11.8. The van der Waals surface area contributed by atoms with Crippen LogP contribution in [0.25, 0.3) is 0 Å². The topological polar surface area (TPSA) is 64.2 Å². The van der Waals surface area contributed by atoms with E-state index >= 15 is 0 Å². The molecule has 1 aliphatic heterocycles. The van der Waals surface area contributed by atoms with Crippen molar-refractivity contribution >= 4 is 29.5 Å². The Labute approximate surface area is 176 Å². The summed E-state index contributed by atoms with van der Waals surface area (Å²) in [5, 5.41) is 3.74. The number of carbonyl (C=O) groups is 1. The maximum absolute atomic E-state index is 13.1. The van der Waals surface area contributed by atoms with Crippen LogP contribution >= 0.6 is 23.2 Å². The second-order valence-electron chi connectivity index (χ2n) is 7.27. The summed E-state index contributed by atoms with van der Waals surface area (Å²) < 4.78 is 40.4. The van der Waals surface area contributed by atoms with E-state index in [4.69, 9.17) is 28.9 Å². The molecule has 1 atom stereocenters. The minimum atomic E-state index is -4.69. The van der Waals surface area contributed by atoms with Gasteiger partial charge >= 0.3 is 6.18 Å². The molecule has 10 heteroatoms. The van der Waals surface area contributed by atoms with Gasteiger partial charge in [-0.25, -0.2) is 4.68 Å². The lowest BCUT2D eigenvalue weighted by atomic mass is 9.73. The average Bonchev–Trinajstić information content (AvgIpc) is 2.99. The van der Waals surface area contributed by atoms with Gasteiger partial charge in [0.05, 0.1) is 10.7 Å². The third kappa shape index (κ3) is 4.17. The van der Waals surface area contributed by atoms with Gasteiger partial charge in [-0.3, -0.25) is 9.69 Å². The number of nitrogens with zero attached hydrogens (tertiary/aromatic N) is 3. The number of hydrogen-bond acceptors (Lipinski definition) is 4. The lowest BCUT2D eigenvalue weighted by Crippen LogP contribution is -2.49. The van der Waals surface area contributed by atoms with E-state index in [2.05, 4.69) is 5.10 Å². The van der Waals surface area contributed by atoms with Crippen LogP contribution in [0.1, 0.15) is 36.0 Å². The highest BCUT2D eigenvalue weighted by atomic mass is 35.5. The number of halogens is 5. The number of rotatable bonds is 5. The quantitative estimate of drug-likeness (QED) is 0.695. The molecular formula is C19H21Cl2F3N4O. The Balaban J connectivity index is 1.84. The zero-order valence-corrected chi connectivity index (χ0v) is 17.2. The van der Waals surface area contributed by atoms with Crippen LogP contribution in [0.15, 0.2) is 24.3 Å². The molecule has 1 aromatic carbocycles. The van der Waals surface area contributed by atoms with Gasteiger partial charge in [0.1, 0.15) is 0 Å². The van der Waals surface area contributed by atoms with Gasteiger partial charge in [-0.05, 0) is 37.5 Å². The van der Waals surface area contributed by atoms with Crippen LogP contribution < -0.4 is 5.73 Å². The van der Waals surface area contributed by atoms with Crippen molar-refractivity contribution in [1.82, 2.24) is 14.7 Å². The van der Waals surface area contributed by atoms with Crippen molar-refractivity contribution in [3.8, 4) is 0 Å². The van der Waals surface area contributed by atoms with E-state index in [1.165, 1.54) is 6.92 Å². The lowest BCUT2D eigenvalue weighted by Gasteiger charge is -2.43. The molecule has 29 heavy (non-hydrogen) atoms. The zero-order valence-electron chi connectivity index (χ0n) is 15.7. The second kappa shape index (κ2) is 8.26. The molecule has 0 bridgehead atoms. The summed E-state index contributed by atoms with van der Waals surface area (Å²) in [6, 6.07) is 7.50. The van der Waals surface area contributed by atoms with Crippen LogP contribution in [0.4, 0.5) is 13.2 Å². The number of alkyl halides is 3. The van der Waals surface area contributed by atoms with Gasteiger partial charge in [-0.15, -0.1) is 0 Å². The Kier molecular flexibility index (Phi) is 6.29. The Morgan fingerprint density at radius 3 is 2.28 bits per heavy atom. The number of benzene rings is 1. The van der Waals surface area contributed by atoms with Crippen LogP contribution in [0, 0.1) is 6.92 Å². The van der Waals surface area contributed by atoms with Crippen molar-refractivity contribution in [2.24, 2.45) is 5.73 Å². The van der Waals surface area contributed by atoms with Gasteiger partial charge in [0.15, 0.2) is 18.1 Å². The largest absolute Gasteiger partial charge is 0.436 e. The smallest absolute Gasteiger partial charge is 0.330 e. The number of piperidine rings is 1. The maximum Gasteiger partial charge on any atom is 0.436 e. The summed E-state index contributed by atoms with van der Waals surface area (Å²) in [5.74, 6) is 0. The molecule has 1 unspecified atom stereocenters. The molecule has 0 saturated carbocycles. The molecular weight excluding hydrogens is 428 g/mol. The normalized spacial score (nSPS) is 18.6. The monoisotopic (exact) mass is 448 g/mol. The van der Waals surface area contributed by atoms with E-state index in [1.807, 2.05) is 24.3 Å². The molecule has 2 heterocycles. The molecule has 158 valence electrons. The first kappa shape index (κ1) is 22.1. The van der Waals surface area contributed by atoms with Gasteiger partial charge in [-0.1, -0.05) is 35.3 Å². The first-order valence-corrected chi connectivity index (χ1v) is 9.86. The number of carbonyl (C=O) groups excluding carboxylic acids is 1. The molecule has 0 amide bonds. The highest BCUT2D eigenvalue weighted by molar-refractivity contribution is 6.32. The molecule has 2 aromatic rings.